The number of carbonyl (C=O) groups is 1. The second-order valence-electron chi connectivity index (χ2n) is 4.60. The first-order valence-electron chi connectivity index (χ1n) is 6.13. The molecule has 1 N–H and O–H groups in total. The van der Waals surface area contributed by atoms with Crippen molar-refractivity contribution in [1.29, 1.82) is 0 Å². The van der Waals surface area contributed by atoms with Gasteiger partial charge in [-0.05, 0) is 36.6 Å². The van der Waals surface area contributed by atoms with Gasteiger partial charge in [-0.25, -0.2) is 0 Å². The molecule has 1 heterocycles. The molecule has 1 aromatic carbocycles. The molecular formula is C14H19NO. The topological polar surface area (TPSA) is 29.1 Å². The SMILES string of the molecule is CCCC(C)C(=O)c1ccc2c(c1)CCN2. The van der Waals surface area contributed by atoms with Crippen molar-refractivity contribution in [3.05, 3.63) is 29.3 Å². The van der Waals surface area contributed by atoms with Crippen LogP contribution in [0.3, 0.4) is 0 Å². The van der Waals surface area contributed by atoms with E-state index in [-0.39, 0.29) is 11.7 Å². The third-order valence-corrected chi connectivity index (χ3v) is 3.27. The number of fused-ring (bicyclic) bond motifs is 1. The zero-order valence-corrected chi connectivity index (χ0v) is 10.0. The van der Waals surface area contributed by atoms with E-state index < -0.39 is 0 Å². The molecule has 2 rings (SSSR count). The molecule has 0 aromatic heterocycles. The highest BCUT2D eigenvalue weighted by molar-refractivity contribution is 5.98. The van der Waals surface area contributed by atoms with Crippen molar-refractivity contribution >= 4 is 11.5 Å². The lowest BCUT2D eigenvalue weighted by molar-refractivity contribution is 0.0923. The molecule has 0 spiro atoms. The zero-order chi connectivity index (χ0) is 11.5. The molecular weight excluding hydrogens is 198 g/mol. The fraction of sp³-hybridized carbons (Fsp3) is 0.500. The van der Waals surface area contributed by atoms with Gasteiger partial charge < -0.3 is 5.32 Å². The van der Waals surface area contributed by atoms with Gasteiger partial charge in [0.1, 0.15) is 0 Å². The van der Waals surface area contributed by atoms with E-state index in [0.717, 1.165) is 31.4 Å². The summed E-state index contributed by atoms with van der Waals surface area (Å²) in [5.41, 5.74) is 3.36. The Morgan fingerprint density at radius 2 is 2.31 bits per heavy atom. The number of hydrogen-bond acceptors (Lipinski definition) is 2. The molecule has 0 radical (unpaired) electrons. The van der Waals surface area contributed by atoms with Crippen molar-refractivity contribution in [1.82, 2.24) is 0 Å². The highest BCUT2D eigenvalue weighted by atomic mass is 16.1. The van der Waals surface area contributed by atoms with Crippen LogP contribution < -0.4 is 5.32 Å². The van der Waals surface area contributed by atoms with E-state index >= 15 is 0 Å². The molecule has 2 heteroatoms. The molecule has 1 aliphatic heterocycles. The van der Waals surface area contributed by atoms with E-state index in [1.165, 1.54) is 11.3 Å². The molecule has 1 atom stereocenters. The number of anilines is 1. The highest BCUT2D eigenvalue weighted by Crippen LogP contribution is 2.24. The van der Waals surface area contributed by atoms with Crippen molar-refractivity contribution in [2.24, 2.45) is 5.92 Å². The van der Waals surface area contributed by atoms with Crippen LogP contribution in [0.1, 0.15) is 42.6 Å². The minimum atomic E-state index is 0.150. The van der Waals surface area contributed by atoms with Crippen molar-refractivity contribution in [3.63, 3.8) is 0 Å². The molecule has 2 nitrogen and oxygen atoms in total. The number of hydrogen-bond donors (Lipinski definition) is 1. The predicted octanol–water partition coefficient (Wildman–Crippen LogP) is 3.27. The lowest BCUT2D eigenvalue weighted by atomic mass is 9.94. The summed E-state index contributed by atoms with van der Waals surface area (Å²) < 4.78 is 0. The van der Waals surface area contributed by atoms with Gasteiger partial charge in [0.2, 0.25) is 0 Å². The van der Waals surface area contributed by atoms with Gasteiger partial charge in [0.25, 0.3) is 0 Å². The summed E-state index contributed by atoms with van der Waals surface area (Å²) in [6.45, 7) is 5.14. The van der Waals surface area contributed by atoms with Gasteiger partial charge >= 0.3 is 0 Å². The average molecular weight is 217 g/mol. The van der Waals surface area contributed by atoms with E-state index in [4.69, 9.17) is 0 Å². The van der Waals surface area contributed by atoms with Crippen molar-refractivity contribution in [2.45, 2.75) is 33.1 Å². The van der Waals surface area contributed by atoms with Crippen LogP contribution in [0.15, 0.2) is 18.2 Å². The Morgan fingerprint density at radius 1 is 1.50 bits per heavy atom. The van der Waals surface area contributed by atoms with Crippen LogP contribution in [0.25, 0.3) is 0 Å². The van der Waals surface area contributed by atoms with Crippen molar-refractivity contribution in [3.8, 4) is 0 Å². The molecule has 1 unspecified atom stereocenters. The van der Waals surface area contributed by atoms with Gasteiger partial charge in [0.05, 0.1) is 0 Å². The summed E-state index contributed by atoms with van der Waals surface area (Å²) in [5, 5.41) is 3.31. The molecule has 0 saturated carbocycles. The van der Waals surface area contributed by atoms with Gasteiger partial charge in [-0.15, -0.1) is 0 Å². The van der Waals surface area contributed by atoms with E-state index in [0.29, 0.717) is 0 Å². The van der Waals surface area contributed by atoms with Crippen LogP contribution in [0.5, 0.6) is 0 Å². The maximum Gasteiger partial charge on any atom is 0.165 e. The molecule has 16 heavy (non-hydrogen) atoms. The van der Waals surface area contributed by atoms with Crippen LogP contribution in [-0.2, 0) is 6.42 Å². The Bertz CT molecular complexity index is 398. The number of nitrogens with one attached hydrogen (secondary N) is 1. The largest absolute Gasteiger partial charge is 0.384 e. The normalized spacial score (nSPS) is 15.4. The van der Waals surface area contributed by atoms with Crippen LogP contribution in [0.2, 0.25) is 0 Å². The maximum atomic E-state index is 12.1. The van der Waals surface area contributed by atoms with Crippen LogP contribution in [0.4, 0.5) is 5.69 Å². The smallest absolute Gasteiger partial charge is 0.165 e. The van der Waals surface area contributed by atoms with Gasteiger partial charge in [-0.3, -0.25) is 4.79 Å². The first-order valence-corrected chi connectivity index (χ1v) is 6.13. The molecule has 1 aromatic rings. The van der Waals surface area contributed by atoms with E-state index in [1.54, 1.807) is 0 Å². The summed E-state index contributed by atoms with van der Waals surface area (Å²) in [5.74, 6) is 0.439. The van der Waals surface area contributed by atoms with Crippen molar-refractivity contribution in [2.75, 3.05) is 11.9 Å². The van der Waals surface area contributed by atoms with Crippen LogP contribution in [0, 0.1) is 5.92 Å². The number of rotatable bonds is 4. The summed E-state index contributed by atoms with van der Waals surface area (Å²) >= 11 is 0. The second kappa shape index (κ2) is 4.69. The van der Waals surface area contributed by atoms with Crippen molar-refractivity contribution < 1.29 is 4.79 Å². The Balaban J connectivity index is 2.18. The Morgan fingerprint density at radius 3 is 3.06 bits per heavy atom. The minimum absolute atomic E-state index is 0.150. The highest BCUT2D eigenvalue weighted by Gasteiger charge is 2.17. The number of benzene rings is 1. The fourth-order valence-corrected chi connectivity index (χ4v) is 2.31. The molecule has 0 amide bonds. The number of ketones is 1. The van der Waals surface area contributed by atoms with Crippen LogP contribution >= 0.6 is 0 Å². The van der Waals surface area contributed by atoms with E-state index in [2.05, 4.69) is 18.3 Å². The average Bonchev–Trinajstić information content (AvgIpc) is 2.75. The third kappa shape index (κ3) is 2.11. The summed E-state index contributed by atoms with van der Waals surface area (Å²) in [6, 6.07) is 6.05. The lowest BCUT2D eigenvalue weighted by Gasteiger charge is -2.10. The Hall–Kier alpha value is -1.31. The molecule has 0 bridgehead atoms. The molecule has 0 aliphatic carbocycles. The quantitative estimate of drug-likeness (QED) is 0.784. The van der Waals surface area contributed by atoms with Gasteiger partial charge in [-0.1, -0.05) is 20.3 Å². The Kier molecular flexibility index (Phi) is 3.28. The minimum Gasteiger partial charge on any atom is -0.384 e. The maximum absolute atomic E-state index is 12.1. The monoisotopic (exact) mass is 217 g/mol. The standard InChI is InChI=1S/C14H19NO/c1-3-4-10(2)14(16)12-5-6-13-11(9-12)7-8-15-13/h5-6,9-10,15H,3-4,7-8H2,1-2H3. The Labute approximate surface area is 97.1 Å². The molecule has 86 valence electrons. The molecule has 1 aliphatic rings. The summed E-state index contributed by atoms with van der Waals surface area (Å²) in [4.78, 5) is 12.1. The summed E-state index contributed by atoms with van der Waals surface area (Å²) in [6.07, 6.45) is 3.09. The molecule has 0 saturated heterocycles. The fourth-order valence-electron chi connectivity index (χ4n) is 2.31. The van der Waals surface area contributed by atoms with Crippen LogP contribution in [-0.4, -0.2) is 12.3 Å². The number of Topliss-reactive ketones (excluding diaryl/α,β-unsaturated/α-hetero) is 1. The zero-order valence-electron chi connectivity index (χ0n) is 10.0. The van der Waals surface area contributed by atoms with Gasteiger partial charge in [0.15, 0.2) is 5.78 Å². The number of carbonyl (C=O) groups excluding carboxylic acids is 1. The lowest BCUT2D eigenvalue weighted by Crippen LogP contribution is -2.11. The third-order valence-electron chi connectivity index (χ3n) is 3.27. The first-order chi connectivity index (χ1) is 7.72. The van der Waals surface area contributed by atoms with Gasteiger partial charge in [0, 0.05) is 23.7 Å². The van der Waals surface area contributed by atoms with Gasteiger partial charge in [-0.2, -0.15) is 0 Å². The molecule has 0 fully saturated rings. The second-order valence-corrected chi connectivity index (χ2v) is 4.60. The first kappa shape index (κ1) is 11.2. The summed E-state index contributed by atoms with van der Waals surface area (Å²) in [7, 11) is 0. The van der Waals surface area contributed by atoms with E-state index in [1.807, 2.05) is 19.1 Å². The van der Waals surface area contributed by atoms with E-state index in [9.17, 15) is 4.79 Å². The predicted molar refractivity (Wildman–Crippen MR) is 67.0 cm³/mol.